The first-order chi connectivity index (χ1) is 9.69. The van der Waals surface area contributed by atoms with Crippen LogP contribution in [-0.2, 0) is 11.3 Å². The Kier molecular flexibility index (Phi) is 8.26. The summed E-state index contributed by atoms with van der Waals surface area (Å²) in [5.41, 5.74) is 6.39. The van der Waals surface area contributed by atoms with Gasteiger partial charge in [0, 0.05) is 18.5 Å². The molecule has 1 aromatic carbocycles. The number of alkyl halides is 3. The highest BCUT2D eigenvalue weighted by Crippen LogP contribution is 2.18. The van der Waals surface area contributed by atoms with Crippen LogP contribution >= 0.6 is 12.4 Å². The predicted octanol–water partition coefficient (Wildman–Crippen LogP) is 2.65. The first-order valence-electron chi connectivity index (χ1n) is 6.51. The van der Waals surface area contributed by atoms with Crippen LogP contribution in [0.15, 0.2) is 24.3 Å². The lowest BCUT2D eigenvalue weighted by molar-refractivity contribution is -0.153. The molecule has 0 aliphatic carbocycles. The second kappa shape index (κ2) is 8.85. The predicted molar refractivity (Wildman–Crippen MR) is 79.9 cm³/mol. The van der Waals surface area contributed by atoms with Gasteiger partial charge in [-0.25, -0.2) is 0 Å². The Hall–Kier alpha value is -1.47. The molecule has 0 fully saturated rings. The smallest absolute Gasteiger partial charge is 0.422 e. The fraction of sp³-hybridized carbons (Fsp3) is 0.500. The van der Waals surface area contributed by atoms with Crippen molar-refractivity contribution in [2.45, 2.75) is 32.6 Å². The first kappa shape index (κ1) is 20.5. The van der Waals surface area contributed by atoms with Crippen molar-refractivity contribution in [2.75, 3.05) is 6.61 Å². The van der Waals surface area contributed by atoms with Gasteiger partial charge in [-0.1, -0.05) is 19.1 Å². The molecule has 3 N–H and O–H groups in total. The minimum atomic E-state index is -4.36. The minimum Gasteiger partial charge on any atom is -0.484 e. The van der Waals surface area contributed by atoms with Crippen LogP contribution in [0, 0.1) is 5.92 Å². The van der Waals surface area contributed by atoms with Crippen molar-refractivity contribution in [1.82, 2.24) is 5.32 Å². The number of amides is 1. The molecule has 2 unspecified atom stereocenters. The summed E-state index contributed by atoms with van der Waals surface area (Å²) in [4.78, 5) is 11.7. The first-order valence-corrected chi connectivity index (χ1v) is 6.51. The lowest BCUT2D eigenvalue weighted by Gasteiger charge is -2.15. The number of rotatable bonds is 6. The molecule has 8 heteroatoms. The highest BCUT2D eigenvalue weighted by molar-refractivity contribution is 5.85. The quantitative estimate of drug-likeness (QED) is 0.836. The van der Waals surface area contributed by atoms with Crippen molar-refractivity contribution < 1.29 is 22.7 Å². The van der Waals surface area contributed by atoms with E-state index < -0.39 is 12.8 Å². The summed E-state index contributed by atoms with van der Waals surface area (Å²) >= 11 is 0. The number of carbonyl (C=O) groups is 1. The van der Waals surface area contributed by atoms with Crippen LogP contribution in [0.2, 0.25) is 0 Å². The zero-order valence-electron chi connectivity index (χ0n) is 12.3. The molecule has 126 valence electrons. The van der Waals surface area contributed by atoms with Gasteiger partial charge in [-0.3, -0.25) is 4.79 Å². The van der Waals surface area contributed by atoms with Gasteiger partial charge in [0.05, 0.1) is 0 Å². The van der Waals surface area contributed by atoms with Crippen LogP contribution in [-0.4, -0.2) is 24.7 Å². The van der Waals surface area contributed by atoms with Crippen molar-refractivity contribution in [3.63, 3.8) is 0 Å². The molecule has 1 aromatic rings. The van der Waals surface area contributed by atoms with Crippen LogP contribution in [0.4, 0.5) is 13.2 Å². The number of hydrogen-bond acceptors (Lipinski definition) is 3. The van der Waals surface area contributed by atoms with E-state index in [-0.39, 0.29) is 42.6 Å². The van der Waals surface area contributed by atoms with Gasteiger partial charge in [-0.05, 0) is 24.6 Å². The van der Waals surface area contributed by atoms with E-state index in [1.807, 2.05) is 0 Å². The van der Waals surface area contributed by atoms with Crippen molar-refractivity contribution in [2.24, 2.45) is 11.7 Å². The Labute approximate surface area is 133 Å². The molecule has 0 aliphatic heterocycles. The maximum atomic E-state index is 12.0. The molecule has 0 bridgehead atoms. The SMILES string of the molecule is CC(N)C(C)C(=O)NCc1ccc(OCC(F)(F)F)cc1.Cl. The van der Waals surface area contributed by atoms with Gasteiger partial charge in [0.15, 0.2) is 6.61 Å². The Morgan fingerprint density at radius 1 is 1.27 bits per heavy atom. The molecular weight excluding hydrogens is 321 g/mol. The number of halogens is 4. The molecule has 0 spiro atoms. The van der Waals surface area contributed by atoms with Gasteiger partial charge in [-0.2, -0.15) is 13.2 Å². The standard InChI is InChI=1S/C14H19F3N2O2.ClH/c1-9(10(2)18)13(20)19-7-11-3-5-12(6-4-11)21-8-14(15,16)17;/h3-6,9-10H,7-8,18H2,1-2H3,(H,19,20);1H. The molecule has 0 saturated heterocycles. The average molecular weight is 341 g/mol. The van der Waals surface area contributed by atoms with E-state index >= 15 is 0 Å². The normalized spacial score (nSPS) is 13.7. The molecule has 1 rings (SSSR count). The molecule has 0 saturated carbocycles. The lowest BCUT2D eigenvalue weighted by atomic mass is 10.0. The number of benzene rings is 1. The van der Waals surface area contributed by atoms with Crippen LogP contribution < -0.4 is 15.8 Å². The monoisotopic (exact) mass is 340 g/mol. The summed E-state index contributed by atoms with van der Waals surface area (Å²) in [6.07, 6.45) is -4.36. The fourth-order valence-electron chi connectivity index (χ4n) is 1.46. The van der Waals surface area contributed by atoms with Gasteiger partial charge < -0.3 is 15.8 Å². The van der Waals surface area contributed by atoms with Crippen molar-refractivity contribution in [3.8, 4) is 5.75 Å². The summed E-state index contributed by atoms with van der Waals surface area (Å²) < 4.78 is 40.6. The number of nitrogens with one attached hydrogen (secondary N) is 1. The largest absolute Gasteiger partial charge is 0.484 e. The molecule has 0 heterocycles. The third kappa shape index (κ3) is 7.51. The van der Waals surface area contributed by atoms with E-state index in [2.05, 4.69) is 10.1 Å². The van der Waals surface area contributed by atoms with Crippen LogP contribution in [0.3, 0.4) is 0 Å². The maximum Gasteiger partial charge on any atom is 0.422 e. The van der Waals surface area contributed by atoms with Gasteiger partial charge in [0.1, 0.15) is 5.75 Å². The third-order valence-electron chi connectivity index (χ3n) is 2.99. The number of hydrogen-bond donors (Lipinski definition) is 2. The average Bonchev–Trinajstić information content (AvgIpc) is 2.41. The van der Waals surface area contributed by atoms with Crippen molar-refractivity contribution in [3.05, 3.63) is 29.8 Å². The van der Waals surface area contributed by atoms with E-state index in [4.69, 9.17) is 5.73 Å². The van der Waals surface area contributed by atoms with Gasteiger partial charge in [-0.15, -0.1) is 12.4 Å². The number of ether oxygens (including phenoxy) is 1. The lowest BCUT2D eigenvalue weighted by Crippen LogP contribution is -2.38. The van der Waals surface area contributed by atoms with Crippen molar-refractivity contribution in [1.29, 1.82) is 0 Å². The number of carbonyl (C=O) groups excluding carboxylic acids is 1. The van der Waals surface area contributed by atoms with E-state index in [1.54, 1.807) is 26.0 Å². The highest BCUT2D eigenvalue weighted by atomic mass is 35.5. The van der Waals surface area contributed by atoms with E-state index in [1.165, 1.54) is 12.1 Å². The van der Waals surface area contributed by atoms with Gasteiger partial charge in [0.2, 0.25) is 5.91 Å². The Balaban J connectivity index is 0.00000441. The second-order valence-corrected chi connectivity index (χ2v) is 4.91. The van der Waals surface area contributed by atoms with E-state index in [9.17, 15) is 18.0 Å². The Bertz CT molecular complexity index is 464. The summed E-state index contributed by atoms with van der Waals surface area (Å²) in [5, 5.41) is 2.72. The summed E-state index contributed by atoms with van der Waals surface area (Å²) in [6, 6.07) is 5.82. The van der Waals surface area contributed by atoms with Crippen molar-refractivity contribution >= 4 is 18.3 Å². The Morgan fingerprint density at radius 2 is 1.82 bits per heavy atom. The van der Waals surface area contributed by atoms with Crippen LogP contribution in [0.25, 0.3) is 0 Å². The molecule has 22 heavy (non-hydrogen) atoms. The summed E-state index contributed by atoms with van der Waals surface area (Å²) in [7, 11) is 0. The topological polar surface area (TPSA) is 64.4 Å². The van der Waals surface area contributed by atoms with Crippen LogP contribution in [0.5, 0.6) is 5.75 Å². The molecule has 0 aromatic heterocycles. The number of nitrogens with two attached hydrogens (primary N) is 1. The molecule has 1 amide bonds. The molecule has 2 atom stereocenters. The fourth-order valence-corrected chi connectivity index (χ4v) is 1.46. The second-order valence-electron chi connectivity index (χ2n) is 4.91. The summed E-state index contributed by atoms with van der Waals surface area (Å²) in [5.74, 6) is -0.340. The highest BCUT2D eigenvalue weighted by Gasteiger charge is 2.28. The zero-order chi connectivity index (χ0) is 16.0. The molecular formula is C14H20ClF3N2O2. The zero-order valence-corrected chi connectivity index (χ0v) is 13.1. The molecule has 0 radical (unpaired) electrons. The Morgan fingerprint density at radius 3 is 2.27 bits per heavy atom. The van der Waals surface area contributed by atoms with Gasteiger partial charge >= 0.3 is 6.18 Å². The maximum absolute atomic E-state index is 12.0. The van der Waals surface area contributed by atoms with Gasteiger partial charge in [0.25, 0.3) is 0 Å². The molecule has 0 aliphatic rings. The van der Waals surface area contributed by atoms with Crippen LogP contribution in [0.1, 0.15) is 19.4 Å². The summed E-state index contributed by atoms with van der Waals surface area (Å²) in [6.45, 7) is 2.44. The van der Waals surface area contributed by atoms with E-state index in [0.717, 1.165) is 5.56 Å². The molecule has 4 nitrogen and oxygen atoms in total. The minimum absolute atomic E-state index is 0. The van der Waals surface area contributed by atoms with E-state index in [0.29, 0.717) is 0 Å². The third-order valence-corrected chi connectivity index (χ3v) is 2.99.